The van der Waals surface area contributed by atoms with E-state index >= 15 is 0 Å². The second kappa shape index (κ2) is 7.30. The van der Waals surface area contributed by atoms with Crippen molar-refractivity contribution in [2.24, 2.45) is 7.05 Å². The Hall–Kier alpha value is -3.54. The number of aryl methyl sites for hydroxylation is 3. The molecule has 31 heavy (non-hydrogen) atoms. The van der Waals surface area contributed by atoms with Crippen LogP contribution in [-0.4, -0.2) is 35.7 Å². The van der Waals surface area contributed by atoms with Crippen molar-refractivity contribution in [3.05, 3.63) is 70.0 Å². The van der Waals surface area contributed by atoms with Crippen LogP contribution in [-0.2, 0) is 7.05 Å². The van der Waals surface area contributed by atoms with Gasteiger partial charge in [-0.05, 0) is 55.3 Å². The Morgan fingerprint density at radius 3 is 2.39 bits per heavy atom. The molecule has 5 rings (SSSR count). The van der Waals surface area contributed by atoms with Gasteiger partial charge in [0.1, 0.15) is 5.82 Å². The third-order valence-corrected chi connectivity index (χ3v) is 6.39. The van der Waals surface area contributed by atoms with Crippen LogP contribution in [0.2, 0.25) is 0 Å². The van der Waals surface area contributed by atoms with E-state index in [4.69, 9.17) is 5.73 Å². The molecular formula is C25H27N5O. The Morgan fingerprint density at radius 2 is 1.68 bits per heavy atom. The molecule has 0 radical (unpaired) electrons. The zero-order valence-electron chi connectivity index (χ0n) is 18.2. The molecule has 1 aliphatic heterocycles. The first-order valence-corrected chi connectivity index (χ1v) is 10.7. The summed E-state index contributed by atoms with van der Waals surface area (Å²) in [5.74, 6) is 1.01. The lowest BCUT2D eigenvalue weighted by Crippen LogP contribution is -2.47. The Morgan fingerprint density at radius 1 is 0.935 bits per heavy atom. The van der Waals surface area contributed by atoms with E-state index in [1.807, 2.05) is 44.4 Å². The summed E-state index contributed by atoms with van der Waals surface area (Å²) in [6, 6.07) is 14.1. The maximum atomic E-state index is 13.3. The van der Waals surface area contributed by atoms with Crippen molar-refractivity contribution in [3.8, 4) is 0 Å². The van der Waals surface area contributed by atoms with E-state index in [0.717, 1.165) is 65.2 Å². The number of aromatic nitrogens is 2. The molecule has 158 valence electrons. The van der Waals surface area contributed by atoms with E-state index < -0.39 is 0 Å². The zero-order valence-corrected chi connectivity index (χ0v) is 18.2. The zero-order chi connectivity index (χ0) is 21.7. The molecule has 2 aromatic heterocycles. The molecule has 1 fully saturated rings. The smallest absolute Gasteiger partial charge is 0.197 e. The molecule has 2 aromatic carbocycles. The van der Waals surface area contributed by atoms with Crippen molar-refractivity contribution in [2.45, 2.75) is 13.8 Å². The van der Waals surface area contributed by atoms with Crippen molar-refractivity contribution >= 4 is 39.0 Å². The average molecular weight is 414 g/mol. The van der Waals surface area contributed by atoms with E-state index in [1.54, 1.807) is 0 Å². The Kier molecular flexibility index (Phi) is 4.58. The molecule has 2 N–H and O–H groups in total. The molecule has 0 saturated carbocycles. The fourth-order valence-corrected chi connectivity index (χ4v) is 4.81. The van der Waals surface area contributed by atoms with E-state index in [1.165, 1.54) is 0 Å². The summed E-state index contributed by atoms with van der Waals surface area (Å²) < 4.78 is 2.12. The summed E-state index contributed by atoms with van der Waals surface area (Å²) in [5, 5.41) is 1.45. The van der Waals surface area contributed by atoms with Gasteiger partial charge in [0.25, 0.3) is 0 Å². The Labute approximate surface area is 181 Å². The highest BCUT2D eigenvalue weighted by Crippen LogP contribution is 2.31. The van der Waals surface area contributed by atoms with Gasteiger partial charge < -0.3 is 20.1 Å². The number of fused-ring (bicyclic) bond motifs is 2. The number of hydrogen-bond donors (Lipinski definition) is 1. The van der Waals surface area contributed by atoms with Crippen molar-refractivity contribution in [1.82, 2.24) is 9.55 Å². The molecule has 0 amide bonds. The fourth-order valence-electron chi connectivity index (χ4n) is 4.81. The van der Waals surface area contributed by atoms with Gasteiger partial charge in [-0.3, -0.25) is 4.79 Å². The lowest BCUT2D eigenvalue weighted by atomic mass is 10.0. The number of nitrogens with two attached hydrogens (primary N) is 1. The van der Waals surface area contributed by atoms with Crippen molar-refractivity contribution in [3.63, 3.8) is 0 Å². The van der Waals surface area contributed by atoms with E-state index in [9.17, 15) is 4.79 Å². The van der Waals surface area contributed by atoms with Crippen molar-refractivity contribution in [1.29, 1.82) is 0 Å². The van der Waals surface area contributed by atoms with Crippen LogP contribution in [0.4, 0.5) is 17.2 Å². The molecule has 0 spiro atoms. The lowest BCUT2D eigenvalue weighted by Gasteiger charge is -2.37. The number of hydrogen-bond acceptors (Lipinski definition) is 5. The maximum absolute atomic E-state index is 13.3. The van der Waals surface area contributed by atoms with Gasteiger partial charge in [-0.15, -0.1) is 0 Å². The molecule has 4 aromatic rings. The predicted octanol–water partition coefficient (Wildman–Crippen LogP) is 3.61. The number of piperazine rings is 1. The standard InChI is InChI=1S/C25H27N5O/c1-16-12-17(2)24-22(13-16)28(3)20-15-21(19(26)14-18(20)25(24)31)29-8-10-30(11-9-29)23-6-4-5-7-27-23/h4-7,12-15H,8-11,26H2,1-3H3. The highest BCUT2D eigenvalue weighted by Gasteiger charge is 2.21. The largest absolute Gasteiger partial charge is 0.397 e. The fraction of sp³-hybridized carbons (Fsp3) is 0.280. The maximum Gasteiger partial charge on any atom is 0.197 e. The minimum atomic E-state index is 0.0545. The minimum absolute atomic E-state index is 0.0545. The Bertz CT molecular complexity index is 1350. The third kappa shape index (κ3) is 3.19. The summed E-state index contributed by atoms with van der Waals surface area (Å²) >= 11 is 0. The van der Waals surface area contributed by atoms with Gasteiger partial charge in [-0.25, -0.2) is 4.98 Å². The van der Waals surface area contributed by atoms with Crippen LogP contribution < -0.4 is 21.0 Å². The SMILES string of the molecule is Cc1cc(C)c2c(=O)c3cc(N)c(N4CCN(c5ccccn5)CC4)cc3n(C)c2c1. The average Bonchev–Trinajstić information content (AvgIpc) is 2.77. The summed E-state index contributed by atoms with van der Waals surface area (Å²) in [5.41, 5.74) is 12.2. The topological polar surface area (TPSA) is 67.4 Å². The quantitative estimate of drug-likeness (QED) is 0.402. The molecule has 1 aliphatic rings. The first-order valence-electron chi connectivity index (χ1n) is 10.7. The number of pyridine rings is 2. The summed E-state index contributed by atoms with van der Waals surface area (Å²) in [6.45, 7) is 7.53. The molecule has 0 bridgehead atoms. The summed E-state index contributed by atoms with van der Waals surface area (Å²) in [7, 11) is 2.03. The first-order chi connectivity index (χ1) is 14.9. The monoisotopic (exact) mass is 413 g/mol. The van der Waals surface area contributed by atoms with Gasteiger partial charge in [0.05, 0.1) is 22.4 Å². The normalized spacial score (nSPS) is 14.5. The second-order valence-electron chi connectivity index (χ2n) is 8.45. The molecule has 0 unspecified atom stereocenters. The van der Waals surface area contributed by atoms with Crippen LogP contribution in [0, 0.1) is 13.8 Å². The number of benzene rings is 2. The molecule has 6 nitrogen and oxygen atoms in total. The predicted molar refractivity (Wildman–Crippen MR) is 129 cm³/mol. The highest BCUT2D eigenvalue weighted by molar-refractivity contribution is 5.99. The highest BCUT2D eigenvalue weighted by atomic mass is 16.1. The van der Waals surface area contributed by atoms with Crippen LogP contribution in [0.3, 0.4) is 0 Å². The van der Waals surface area contributed by atoms with E-state index in [2.05, 4.69) is 44.5 Å². The van der Waals surface area contributed by atoms with Crippen LogP contribution in [0.15, 0.2) is 53.5 Å². The van der Waals surface area contributed by atoms with Crippen LogP contribution >= 0.6 is 0 Å². The molecular weight excluding hydrogens is 386 g/mol. The summed E-state index contributed by atoms with van der Waals surface area (Å²) in [6.07, 6.45) is 1.83. The van der Waals surface area contributed by atoms with Gasteiger partial charge in [0.2, 0.25) is 0 Å². The molecule has 3 heterocycles. The van der Waals surface area contributed by atoms with Crippen LogP contribution in [0.5, 0.6) is 0 Å². The number of rotatable bonds is 2. The Balaban J connectivity index is 1.56. The minimum Gasteiger partial charge on any atom is -0.397 e. The van der Waals surface area contributed by atoms with Crippen LogP contribution in [0.25, 0.3) is 21.8 Å². The van der Waals surface area contributed by atoms with Gasteiger partial charge in [-0.2, -0.15) is 0 Å². The van der Waals surface area contributed by atoms with Crippen LogP contribution in [0.1, 0.15) is 11.1 Å². The number of nitrogens with zero attached hydrogens (tertiary/aromatic N) is 4. The van der Waals surface area contributed by atoms with Gasteiger partial charge >= 0.3 is 0 Å². The lowest BCUT2D eigenvalue weighted by molar-refractivity contribution is 0.648. The van der Waals surface area contributed by atoms with E-state index in [0.29, 0.717) is 11.1 Å². The number of anilines is 3. The van der Waals surface area contributed by atoms with Gasteiger partial charge in [0.15, 0.2) is 5.43 Å². The second-order valence-corrected chi connectivity index (χ2v) is 8.45. The molecule has 0 aliphatic carbocycles. The van der Waals surface area contributed by atoms with Gasteiger partial charge in [-0.1, -0.05) is 12.1 Å². The van der Waals surface area contributed by atoms with Crippen molar-refractivity contribution < 1.29 is 0 Å². The number of nitrogen functional groups attached to an aromatic ring is 1. The molecule has 6 heteroatoms. The molecule has 0 atom stereocenters. The summed E-state index contributed by atoms with van der Waals surface area (Å²) in [4.78, 5) is 22.4. The molecule has 1 saturated heterocycles. The van der Waals surface area contributed by atoms with Crippen molar-refractivity contribution in [2.75, 3.05) is 41.7 Å². The van der Waals surface area contributed by atoms with Gasteiger partial charge in [0, 0.05) is 50.2 Å². The third-order valence-electron chi connectivity index (χ3n) is 6.39. The first kappa shape index (κ1) is 19.4. The van der Waals surface area contributed by atoms with E-state index in [-0.39, 0.29) is 5.43 Å².